The van der Waals surface area contributed by atoms with Crippen LogP contribution >= 0.6 is 0 Å². The number of rotatable bonds is 12. The Morgan fingerprint density at radius 1 is 0.917 bits per heavy atom. The Bertz CT molecular complexity index is 1200. The van der Waals surface area contributed by atoms with E-state index in [4.69, 9.17) is 10.2 Å². The van der Waals surface area contributed by atoms with Crippen molar-refractivity contribution in [2.75, 3.05) is 0 Å². The van der Waals surface area contributed by atoms with Gasteiger partial charge in [0.05, 0.1) is 6.07 Å². The minimum atomic E-state index is -2.46. The first-order valence-corrected chi connectivity index (χ1v) is 20.7. The Kier molecular flexibility index (Phi) is 10.9. The van der Waals surface area contributed by atoms with Crippen molar-refractivity contribution in [2.24, 2.45) is 0 Å². The molecule has 4 aromatic rings. The Balaban J connectivity index is 0.00000115. The third-order valence-corrected chi connectivity index (χ3v) is 22.3. The maximum absolute atomic E-state index is 7.32. The van der Waals surface area contributed by atoms with Crippen molar-refractivity contribution < 1.29 is 0 Å². The van der Waals surface area contributed by atoms with E-state index in [0.717, 1.165) is 22.7 Å². The molecule has 36 heavy (non-hydrogen) atoms. The minimum absolute atomic E-state index is 0.754. The van der Waals surface area contributed by atoms with Crippen LogP contribution in [0.5, 0.6) is 0 Å². The van der Waals surface area contributed by atoms with Crippen molar-refractivity contribution in [3.63, 3.8) is 0 Å². The molecule has 0 aliphatic heterocycles. The van der Waals surface area contributed by atoms with Gasteiger partial charge in [-0.15, -0.1) is 0 Å². The summed E-state index contributed by atoms with van der Waals surface area (Å²) in [5.41, 5.74) is 2.99. The Morgan fingerprint density at radius 2 is 1.58 bits per heavy atom. The first-order valence-electron chi connectivity index (χ1n) is 13.2. The number of unbranched alkanes of at least 4 members (excludes halogenated alkanes) is 3. The fraction of sp³-hybridized carbons (Fsp3) is 0.464. The summed E-state index contributed by atoms with van der Waals surface area (Å²) in [6.45, 7) is 8.44. The Labute approximate surface area is 219 Å². The van der Waals surface area contributed by atoms with Crippen LogP contribution in [0.1, 0.15) is 66.2 Å². The van der Waals surface area contributed by atoms with Crippen LogP contribution in [0.4, 0.5) is 0 Å². The third-order valence-electron chi connectivity index (χ3n) is 6.79. The molecule has 4 aromatic heterocycles. The van der Waals surface area contributed by atoms with E-state index < -0.39 is 18.4 Å². The van der Waals surface area contributed by atoms with Gasteiger partial charge in [0.15, 0.2) is 0 Å². The van der Waals surface area contributed by atoms with E-state index in [-0.39, 0.29) is 0 Å². The Hall–Kier alpha value is -2.73. The standard InChI is InChI=1S/C14H9N6.3C4H9.C2H3N.Sn/c1-2-6-19-8-12(18-14(19)3-1)11-4-5-13(16-7-11)20-10-15-9-17-20;3*1-3-4-2;1-2-3;/h1,3-10H;3*1,3-4H2,2H3;1H3;. The van der Waals surface area contributed by atoms with E-state index in [9.17, 15) is 0 Å². The van der Waals surface area contributed by atoms with Crippen molar-refractivity contribution in [2.45, 2.75) is 79.5 Å². The first kappa shape index (κ1) is 27.8. The molecule has 4 rings (SSSR count). The van der Waals surface area contributed by atoms with Gasteiger partial charge in [0.25, 0.3) is 0 Å². The van der Waals surface area contributed by atoms with Gasteiger partial charge in [-0.25, -0.2) is 0 Å². The second kappa shape index (κ2) is 14.1. The van der Waals surface area contributed by atoms with E-state index >= 15 is 0 Å². The zero-order valence-corrected chi connectivity index (χ0v) is 25.0. The number of hydrogen-bond acceptors (Lipinski definition) is 5. The predicted molar refractivity (Wildman–Crippen MR) is 149 cm³/mol. The van der Waals surface area contributed by atoms with Crippen molar-refractivity contribution in [1.82, 2.24) is 29.1 Å². The van der Waals surface area contributed by atoms with Crippen LogP contribution in [0.15, 0.2) is 55.5 Å². The van der Waals surface area contributed by atoms with Gasteiger partial charge in [0, 0.05) is 6.92 Å². The molecule has 0 atom stereocenters. The summed E-state index contributed by atoms with van der Waals surface area (Å²) in [5, 5.41) is 11.5. The molecule has 0 bridgehead atoms. The van der Waals surface area contributed by atoms with Gasteiger partial charge < -0.3 is 0 Å². The van der Waals surface area contributed by atoms with Gasteiger partial charge >= 0.3 is 202 Å². The number of aromatic nitrogens is 6. The summed E-state index contributed by atoms with van der Waals surface area (Å²) in [6.07, 6.45) is 17.7. The van der Waals surface area contributed by atoms with Crippen molar-refractivity contribution in [3.05, 3.63) is 55.5 Å². The molecular weight excluding hydrogens is 553 g/mol. The molecule has 0 aliphatic carbocycles. The van der Waals surface area contributed by atoms with E-state index in [1.54, 1.807) is 20.7 Å². The van der Waals surface area contributed by atoms with E-state index in [0.29, 0.717) is 0 Å². The van der Waals surface area contributed by atoms with E-state index in [1.165, 1.54) is 65.1 Å². The number of nitriles is 1. The van der Waals surface area contributed by atoms with Crippen LogP contribution in [0.25, 0.3) is 22.7 Å². The molecule has 0 amide bonds. The van der Waals surface area contributed by atoms with Crippen LogP contribution in [0.2, 0.25) is 13.3 Å². The molecule has 0 saturated carbocycles. The first-order chi connectivity index (χ1) is 17.6. The number of hydrogen-bond donors (Lipinski definition) is 0. The molecule has 190 valence electrons. The van der Waals surface area contributed by atoms with Gasteiger partial charge in [-0.2, -0.15) is 5.26 Å². The van der Waals surface area contributed by atoms with Crippen LogP contribution in [-0.2, 0) is 0 Å². The fourth-order valence-corrected chi connectivity index (χ4v) is 20.7. The summed E-state index contributed by atoms with van der Waals surface area (Å²) in [4.78, 5) is 13.4. The van der Waals surface area contributed by atoms with Crippen molar-refractivity contribution in [3.8, 4) is 23.1 Å². The molecule has 0 unspecified atom stereocenters. The van der Waals surface area contributed by atoms with Gasteiger partial charge in [-0.05, 0) is 0 Å². The second-order valence-electron chi connectivity index (χ2n) is 9.37. The maximum atomic E-state index is 7.32. The van der Waals surface area contributed by atoms with Gasteiger partial charge in [-0.1, -0.05) is 0 Å². The zero-order chi connectivity index (χ0) is 25.8. The van der Waals surface area contributed by atoms with Crippen LogP contribution in [0, 0.1) is 11.3 Å². The summed E-state index contributed by atoms with van der Waals surface area (Å²) in [5.74, 6) is 0.754. The zero-order valence-electron chi connectivity index (χ0n) is 22.2. The summed E-state index contributed by atoms with van der Waals surface area (Å²) in [7, 11) is 0. The van der Waals surface area contributed by atoms with Gasteiger partial charge in [0.2, 0.25) is 0 Å². The second-order valence-corrected chi connectivity index (χ2v) is 22.6. The summed E-state index contributed by atoms with van der Waals surface area (Å²) in [6, 6.07) is 10.4. The Morgan fingerprint density at radius 3 is 2.11 bits per heavy atom. The monoisotopic (exact) mass is 593 g/mol. The van der Waals surface area contributed by atoms with Crippen molar-refractivity contribution in [1.29, 1.82) is 5.26 Å². The molecule has 8 heteroatoms. The summed E-state index contributed by atoms with van der Waals surface area (Å²) >= 11 is -2.46. The summed E-state index contributed by atoms with van der Waals surface area (Å²) < 4.78 is 10.0. The van der Waals surface area contributed by atoms with Crippen LogP contribution in [-0.4, -0.2) is 47.5 Å². The van der Waals surface area contributed by atoms with Crippen LogP contribution < -0.4 is 3.58 Å². The molecule has 0 radical (unpaired) electrons. The number of imidazole rings is 1. The van der Waals surface area contributed by atoms with E-state index in [1.807, 2.05) is 12.3 Å². The molecular formula is C28H39N7Sn. The average molecular weight is 592 g/mol. The molecule has 0 fully saturated rings. The van der Waals surface area contributed by atoms with Gasteiger partial charge in [-0.3, -0.25) is 0 Å². The number of nitrogens with zero attached hydrogens (tertiary/aromatic N) is 7. The van der Waals surface area contributed by atoms with Crippen molar-refractivity contribution >= 4 is 27.6 Å². The number of pyridine rings is 2. The van der Waals surface area contributed by atoms with Gasteiger partial charge in [0.1, 0.15) is 0 Å². The fourth-order valence-electron chi connectivity index (χ4n) is 4.80. The average Bonchev–Trinajstić information content (AvgIpc) is 3.59. The molecule has 7 nitrogen and oxygen atoms in total. The molecule has 4 heterocycles. The van der Waals surface area contributed by atoms with Crippen LogP contribution in [0.3, 0.4) is 0 Å². The molecule has 0 saturated heterocycles. The SMILES string of the molecule is CC#N.CCC[CH2][Sn]([CH2]CCC)([CH2]CCC)[c]1ccc2nc(-c3ccc(-n4cncn4)nc3)cn2c1. The number of fused-ring (bicyclic) bond motifs is 1. The molecule has 0 aliphatic rings. The predicted octanol–water partition coefficient (Wildman–Crippen LogP) is 6.56. The topological polar surface area (TPSA) is 84.7 Å². The normalized spacial score (nSPS) is 11.2. The quantitative estimate of drug-likeness (QED) is 0.174. The molecule has 0 aromatic carbocycles. The molecule has 0 spiro atoms. The third kappa shape index (κ3) is 6.94. The van der Waals surface area contributed by atoms with E-state index in [2.05, 4.69) is 70.8 Å². The molecule has 0 N–H and O–H groups in total.